The molecule has 0 N–H and O–H groups in total. The van der Waals surface area contributed by atoms with E-state index < -0.39 is 17.8 Å². The molecule has 1 saturated heterocycles. The van der Waals surface area contributed by atoms with E-state index in [0.717, 1.165) is 39.2 Å². The van der Waals surface area contributed by atoms with Gasteiger partial charge < -0.3 is 4.84 Å². The molecule has 204 valence electrons. The highest BCUT2D eigenvalue weighted by molar-refractivity contribution is 6.04. The number of hydrogen-bond acceptors (Lipinski definition) is 8. The first-order valence-electron chi connectivity index (χ1n) is 13.4. The van der Waals surface area contributed by atoms with Crippen molar-refractivity contribution < 1.29 is 19.2 Å². The monoisotopic (exact) mass is 546 g/mol. The molecule has 0 atom stereocenters. The van der Waals surface area contributed by atoms with Crippen molar-refractivity contribution >= 4 is 28.8 Å². The van der Waals surface area contributed by atoms with Crippen LogP contribution in [-0.4, -0.2) is 47.8 Å². The Kier molecular flexibility index (Phi) is 7.27. The van der Waals surface area contributed by atoms with Crippen LogP contribution in [0.1, 0.15) is 32.1 Å². The number of amides is 2. The maximum atomic E-state index is 12.2. The SMILES string of the molecule is O=C(CCCCn1nc2c(-c3ccccc3)nc(-c3ccncc3)c(-c3ccccc3)c2n1)ON1C(=O)CCC1=O. The number of aromatic nitrogens is 5. The van der Waals surface area contributed by atoms with Crippen LogP contribution in [-0.2, 0) is 25.8 Å². The molecule has 2 aromatic carbocycles. The van der Waals surface area contributed by atoms with Crippen LogP contribution in [0.2, 0.25) is 0 Å². The number of pyridine rings is 2. The zero-order valence-electron chi connectivity index (χ0n) is 22.1. The summed E-state index contributed by atoms with van der Waals surface area (Å²) < 4.78 is 0. The molecule has 0 unspecified atom stereocenters. The lowest BCUT2D eigenvalue weighted by atomic mass is 9.96. The number of rotatable bonds is 9. The van der Waals surface area contributed by atoms with Crippen LogP contribution >= 0.6 is 0 Å². The van der Waals surface area contributed by atoms with Crippen LogP contribution in [0.4, 0.5) is 0 Å². The van der Waals surface area contributed by atoms with Gasteiger partial charge in [0.15, 0.2) is 0 Å². The second kappa shape index (κ2) is 11.5. The molecule has 6 rings (SSSR count). The molecule has 41 heavy (non-hydrogen) atoms. The molecule has 3 aromatic heterocycles. The van der Waals surface area contributed by atoms with Crippen molar-refractivity contribution in [2.24, 2.45) is 0 Å². The number of fused-ring (bicyclic) bond motifs is 1. The number of carbonyl (C=O) groups is 3. The molecule has 4 heterocycles. The van der Waals surface area contributed by atoms with E-state index in [4.69, 9.17) is 20.0 Å². The Labute approximate surface area is 235 Å². The summed E-state index contributed by atoms with van der Waals surface area (Å²) in [5.74, 6) is -1.59. The Morgan fingerprint density at radius 2 is 1.34 bits per heavy atom. The Morgan fingerprint density at radius 3 is 2.02 bits per heavy atom. The number of hydrogen-bond donors (Lipinski definition) is 0. The first-order chi connectivity index (χ1) is 20.1. The topological polar surface area (TPSA) is 120 Å². The molecule has 5 aromatic rings. The van der Waals surface area contributed by atoms with Crippen molar-refractivity contribution in [1.82, 2.24) is 30.0 Å². The van der Waals surface area contributed by atoms with E-state index >= 15 is 0 Å². The Morgan fingerprint density at radius 1 is 0.732 bits per heavy atom. The Balaban J connectivity index is 1.32. The number of aryl methyl sites for hydroxylation is 1. The third kappa shape index (κ3) is 5.44. The fraction of sp³-hybridized carbons (Fsp3) is 0.194. The lowest BCUT2D eigenvalue weighted by Crippen LogP contribution is -2.31. The summed E-state index contributed by atoms with van der Waals surface area (Å²) in [5, 5.41) is 10.3. The average Bonchev–Trinajstić information content (AvgIpc) is 3.58. The second-order valence-electron chi connectivity index (χ2n) is 9.65. The Hall–Kier alpha value is -5.25. The van der Waals surface area contributed by atoms with Gasteiger partial charge in [0, 0.05) is 48.3 Å². The van der Waals surface area contributed by atoms with Crippen LogP contribution in [0.25, 0.3) is 44.7 Å². The lowest BCUT2D eigenvalue weighted by Gasteiger charge is -2.13. The molecule has 10 heteroatoms. The summed E-state index contributed by atoms with van der Waals surface area (Å²) in [6, 6.07) is 23.8. The molecule has 10 nitrogen and oxygen atoms in total. The highest BCUT2D eigenvalue weighted by Gasteiger charge is 2.32. The summed E-state index contributed by atoms with van der Waals surface area (Å²) in [6.45, 7) is 0.455. The van der Waals surface area contributed by atoms with Gasteiger partial charge in [-0.3, -0.25) is 14.6 Å². The van der Waals surface area contributed by atoms with Crippen LogP contribution in [0.3, 0.4) is 0 Å². The van der Waals surface area contributed by atoms with Gasteiger partial charge in [-0.25, -0.2) is 9.78 Å². The fourth-order valence-corrected chi connectivity index (χ4v) is 4.83. The van der Waals surface area contributed by atoms with Crippen LogP contribution in [0, 0.1) is 0 Å². The van der Waals surface area contributed by atoms with Gasteiger partial charge in [0.2, 0.25) is 0 Å². The number of unbranched alkanes of at least 4 members (excludes halogenated alkanes) is 1. The van der Waals surface area contributed by atoms with Crippen molar-refractivity contribution in [2.45, 2.75) is 38.6 Å². The predicted octanol–water partition coefficient (Wildman–Crippen LogP) is 5.00. The van der Waals surface area contributed by atoms with Gasteiger partial charge in [-0.2, -0.15) is 15.0 Å². The summed E-state index contributed by atoms with van der Waals surface area (Å²) >= 11 is 0. The van der Waals surface area contributed by atoms with Crippen molar-refractivity contribution in [3.8, 4) is 33.6 Å². The standard InChI is InChI=1S/C31H26N6O4/c38-24-14-15-25(39)37(24)41-26(40)13-7-8-20-36-34-30-27(21-9-3-1-4-10-21)28(23-16-18-32-19-17-23)33-29(31(30)35-36)22-11-5-2-6-12-22/h1-6,9-12,16-19H,7-8,13-15,20H2. The molecule has 0 bridgehead atoms. The zero-order chi connectivity index (χ0) is 28.2. The third-order valence-electron chi connectivity index (χ3n) is 6.83. The lowest BCUT2D eigenvalue weighted by molar-refractivity contribution is -0.197. The highest BCUT2D eigenvalue weighted by Crippen LogP contribution is 2.39. The van der Waals surface area contributed by atoms with Crippen molar-refractivity contribution in [1.29, 1.82) is 0 Å². The maximum Gasteiger partial charge on any atom is 0.333 e. The molecular formula is C31H26N6O4. The maximum absolute atomic E-state index is 12.2. The largest absolute Gasteiger partial charge is 0.333 e. The number of hydroxylamine groups is 2. The van der Waals surface area contributed by atoms with Gasteiger partial charge in [-0.15, -0.1) is 5.06 Å². The smallest absolute Gasteiger partial charge is 0.330 e. The van der Waals surface area contributed by atoms with E-state index in [1.165, 1.54) is 0 Å². The molecule has 0 aliphatic carbocycles. The molecule has 0 spiro atoms. The predicted molar refractivity (Wildman–Crippen MR) is 150 cm³/mol. The van der Waals surface area contributed by atoms with E-state index in [-0.39, 0.29) is 19.3 Å². The van der Waals surface area contributed by atoms with Crippen LogP contribution in [0.5, 0.6) is 0 Å². The molecule has 0 saturated carbocycles. The zero-order valence-corrected chi connectivity index (χ0v) is 22.1. The fourth-order valence-electron chi connectivity index (χ4n) is 4.83. The van der Waals surface area contributed by atoms with Crippen molar-refractivity contribution in [2.75, 3.05) is 0 Å². The Bertz CT molecular complexity index is 1710. The minimum atomic E-state index is -0.615. The van der Waals surface area contributed by atoms with Gasteiger partial charge in [-0.05, 0) is 30.5 Å². The third-order valence-corrected chi connectivity index (χ3v) is 6.83. The molecule has 2 amide bonds. The molecule has 0 radical (unpaired) electrons. The van der Waals surface area contributed by atoms with E-state index in [1.807, 2.05) is 72.8 Å². The number of nitrogens with zero attached hydrogens (tertiary/aromatic N) is 6. The second-order valence-corrected chi connectivity index (χ2v) is 9.65. The molecule has 1 fully saturated rings. The van der Waals surface area contributed by atoms with Crippen molar-refractivity contribution in [3.63, 3.8) is 0 Å². The molecule has 1 aliphatic heterocycles. The van der Waals surface area contributed by atoms with Crippen molar-refractivity contribution in [3.05, 3.63) is 85.2 Å². The first kappa shape index (κ1) is 26.0. The average molecular weight is 547 g/mol. The molecular weight excluding hydrogens is 520 g/mol. The highest BCUT2D eigenvalue weighted by atomic mass is 16.7. The summed E-state index contributed by atoms with van der Waals surface area (Å²) in [4.78, 5) is 51.5. The van der Waals surface area contributed by atoms with Gasteiger partial charge in [0.25, 0.3) is 11.8 Å². The molecule has 1 aliphatic rings. The summed E-state index contributed by atoms with van der Waals surface area (Å²) in [6.07, 6.45) is 4.76. The number of benzene rings is 2. The van der Waals surface area contributed by atoms with E-state index in [1.54, 1.807) is 17.2 Å². The van der Waals surface area contributed by atoms with Gasteiger partial charge in [0.1, 0.15) is 16.7 Å². The quantitative estimate of drug-likeness (QED) is 0.187. The van der Waals surface area contributed by atoms with Gasteiger partial charge in [0.05, 0.1) is 12.2 Å². The van der Waals surface area contributed by atoms with Crippen LogP contribution < -0.4 is 0 Å². The van der Waals surface area contributed by atoms with Gasteiger partial charge in [-0.1, -0.05) is 60.7 Å². The minimum absolute atomic E-state index is 0.0656. The van der Waals surface area contributed by atoms with Gasteiger partial charge >= 0.3 is 5.97 Å². The summed E-state index contributed by atoms with van der Waals surface area (Å²) in [5.41, 5.74) is 6.60. The first-order valence-corrected chi connectivity index (χ1v) is 13.4. The number of imide groups is 1. The number of carbonyl (C=O) groups excluding carboxylic acids is 3. The van der Waals surface area contributed by atoms with Crippen LogP contribution in [0.15, 0.2) is 85.2 Å². The van der Waals surface area contributed by atoms with E-state index in [2.05, 4.69) is 4.98 Å². The minimum Gasteiger partial charge on any atom is -0.330 e. The van der Waals surface area contributed by atoms with E-state index in [9.17, 15) is 14.4 Å². The normalized spacial score (nSPS) is 13.2. The van der Waals surface area contributed by atoms with E-state index in [0.29, 0.717) is 30.0 Å². The summed E-state index contributed by atoms with van der Waals surface area (Å²) in [7, 11) is 0.